The fourth-order valence-electron chi connectivity index (χ4n) is 1.78. The van der Waals surface area contributed by atoms with Crippen LogP contribution in [0.15, 0.2) is 27.8 Å². The first kappa shape index (κ1) is 13.7. The molecule has 0 amide bonds. The van der Waals surface area contributed by atoms with Crippen LogP contribution >= 0.6 is 11.8 Å². The van der Waals surface area contributed by atoms with Gasteiger partial charge in [-0.3, -0.25) is 9.59 Å². The summed E-state index contributed by atoms with van der Waals surface area (Å²) in [6.07, 6.45) is 1.10. The minimum Gasteiger partial charge on any atom is -0.385 e. The summed E-state index contributed by atoms with van der Waals surface area (Å²) >= 11 is 1.92. The highest BCUT2D eigenvalue weighted by Crippen LogP contribution is 2.13. The smallest absolute Gasteiger partial charge is 0.314 e. The van der Waals surface area contributed by atoms with Crippen LogP contribution in [-0.2, 0) is 0 Å². The highest BCUT2D eigenvalue weighted by atomic mass is 32.2. The van der Waals surface area contributed by atoms with E-state index in [0.29, 0.717) is 11.0 Å². The third-order valence-electron chi connectivity index (χ3n) is 2.72. The van der Waals surface area contributed by atoms with Gasteiger partial charge in [0.15, 0.2) is 0 Å². The number of nitrogens with one attached hydrogen (secondary N) is 3. The van der Waals surface area contributed by atoms with Crippen LogP contribution in [0.25, 0.3) is 11.0 Å². The van der Waals surface area contributed by atoms with Gasteiger partial charge in [-0.25, -0.2) is 0 Å². The largest absolute Gasteiger partial charge is 0.385 e. The van der Waals surface area contributed by atoms with Gasteiger partial charge in [0.25, 0.3) is 0 Å². The average Bonchev–Trinajstić information content (AvgIpc) is 2.40. The van der Waals surface area contributed by atoms with Crippen molar-refractivity contribution in [2.45, 2.75) is 13.3 Å². The van der Waals surface area contributed by atoms with Crippen molar-refractivity contribution < 1.29 is 0 Å². The minimum atomic E-state index is -0.621. The van der Waals surface area contributed by atoms with E-state index in [-0.39, 0.29) is 0 Å². The highest BCUT2D eigenvalue weighted by molar-refractivity contribution is 7.99. The number of hydrogen-bond acceptors (Lipinski definition) is 4. The second kappa shape index (κ2) is 6.47. The van der Waals surface area contributed by atoms with Crippen LogP contribution in [0.2, 0.25) is 0 Å². The van der Waals surface area contributed by atoms with E-state index < -0.39 is 11.1 Å². The van der Waals surface area contributed by atoms with E-state index in [1.165, 1.54) is 0 Å². The molecule has 0 unspecified atom stereocenters. The molecular formula is C13H17N3O2S. The van der Waals surface area contributed by atoms with Crippen LogP contribution in [-0.4, -0.2) is 28.0 Å². The molecule has 0 spiro atoms. The number of aromatic nitrogens is 2. The van der Waals surface area contributed by atoms with Gasteiger partial charge in [-0.05, 0) is 36.1 Å². The van der Waals surface area contributed by atoms with Gasteiger partial charge in [-0.2, -0.15) is 11.8 Å². The van der Waals surface area contributed by atoms with Crippen molar-refractivity contribution in [3.63, 3.8) is 0 Å². The molecule has 0 bridgehead atoms. The van der Waals surface area contributed by atoms with Crippen LogP contribution in [0.1, 0.15) is 13.3 Å². The Kier molecular flexibility index (Phi) is 4.68. The minimum absolute atomic E-state index is 0.621. The Labute approximate surface area is 114 Å². The molecule has 0 fully saturated rings. The Morgan fingerprint density at radius 2 is 1.89 bits per heavy atom. The van der Waals surface area contributed by atoms with E-state index >= 15 is 0 Å². The molecule has 0 radical (unpaired) electrons. The van der Waals surface area contributed by atoms with Gasteiger partial charge in [0.1, 0.15) is 0 Å². The first-order valence-corrected chi connectivity index (χ1v) is 7.44. The molecule has 1 aromatic heterocycles. The molecule has 0 saturated heterocycles. The highest BCUT2D eigenvalue weighted by Gasteiger charge is 2.00. The van der Waals surface area contributed by atoms with Crippen LogP contribution in [0.5, 0.6) is 0 Å². The van der Waals surface area contributed by atoms with Crippen LogP contribution in [0.4, 0.5) is 5.69 Å². The summed E-state index contributed by atoms with van der Waals surface area (Å²) in [7, 11) is 0. The fraction of sp³-hybridized carbons (Fsp3) is 0.385. The van der Waals surface area contributed by atoms with Crippen molar-refractivity contribution in [2.24, 2.45) is 0 Å². The summed E-state index contributed by atoms with van der Waals surface area (Å²) in [6.45, 7) is 3.05. The van der Waals surface area contributed by atoms with E-state index in [4.69, 9.17) is 0 Å². The topological polar surface area (TPSA) is 77.8 Å². The molecule has 1 heterocycles. The molecule has 2 aromatic rings. The number of benzene rings is 1. The molecule has 0 aliphatic rings. The van der Waals surface area contributed by atoms with Gasteiger partial charge in [0.05, 0.1) is 11.0 Å². The summed E-state index contributed by atoms with van der Waals surface area (Å²) in [6, 6.07) is 5.51. The molecule has 0 aliphatic carbocycles. The quantitative estimate of drug-likeness (QED) is 0.556. The van der Waals surface area contributed by atoms with E-state index in [9.17, 15) is 9.59 Å². The Hall–Kier alpha value is -1.69. The third-order valence-corrected chi connectivity index (χ3v) is 3.71. The molecule has 0 saturated carbocycles. The normalized spacial score (nSPS) is 10.8. The van der Waals surface area contributed by atoms with Crippen LogP contribution in [0.3, 0.4) is 0 Å². The molecule has 3 N–H and O–H groups in total. The van der Waals surface area contributed by atoms with Crippen LogP contribution in [0, 0.1) is 0 Å². The lowest BCUT2D eigenvalue weighted by molar-refractivity contribution is 0.992. The number of fused-ring (bicyclic) bond motifs is 1. The van der Waals surface area contributed by atoms with E-state index in [1.54, 1.807) is 6.07 Å². The van der Waals surface area contributed by atoms with Gasteiger partial charge in [-0.1, -0.05) is 6.92 Å². The van der Waals surface area contributed by atoms with Gasteiger partial charge < -0.3 is 15.3 Å². The predicted octanol–water partition coefficient (Wildman–Crippen LogP) is 1.77. The maximum Gasteiger partial charge on any atom is 0.314 e. The number of rotatable bonds is 6. The molecular weight excluding hydrogens is 262 g/mol. The number of anilines is 1. The van der Waals surface area contributed by atoms with Gasteiger partial charge in [0.2, 0.25) is 0 Å². The molecule has 0 aliphatic heterocycles. The first-order valence-electron chi connectivity index (χ1n) is 6.28. The second-order valence-electron chi connectivity index (χ2n) is 4.15. The molecule has 0 atom stereocenters. The van der Waals surface area contributed by atoms with Crippen molar-refractivity contribution >= 4 is 28.5 Å². The van der Waals surface area contributed by atoms with Crippen molar-refractivity contribution in [2.75, 3.05) is 23.4 Å². The standard InChI is InChI=1S/C13H17N3O2S/c1-2-19-7-3-6-14-9-4-5-10-11(8-9)16-13(18)12(17)15-10/h4-5,8,14H,2-3,6-7H2,1H3,(H,15,17)(H,16,18). The number of hydrogen-bond donors (Lipinski definition) is 3. The lowest BCUT2D eigenvalue weighted by Crippen LogP contribution is -2.28. The van der Waals surface area contributed by atoms with Gasteiger partial charge >= 0.3 is 11.1 Å². The SMILES string of the molecule is CCSCCCNc1ccc2[nH]c(=O)c(=O)[nH]c2c1. The van der Waals surface area contributed by atoms with Crippen molar-refractivity contribution in [1.82, 2.24) is 9.97 Å². The fourth-order valence-corrected chi connectivity index (χ4v) is 2.41. The number of aromatic amines is 2. The summed E-state index contributed by atoms with van der Waals surface area (Å²) in [5, 5.41) is 3.30. The zero-order valence-corrected chi connectivity index (χ0v) is 11.6. The van der Waals surface area contributed by atoms with Gasteiger partial charge in [0, 0.05) is 12.2 Å². The van der Waals surface area contributed by atoms with Crippen molar-refractivity contribution in [1.29, 1.82) is 0 Å². The summed E-state index contributed by atoms with van der Waals surface area (Å²) in [5.74, 6) is 2.28. The van der Waals surface area contributed by atoms with Crippen LogP contribution < -0.4 is 16.4 Å². The van der Waals surface area contributed by atoms with Crippen molar-refractivity contribution in [3.8, 4) is 0 Å². The third kappa shape index (κ3) is 3.64. The van der Waals surface area contributed by atoms with E-state index in [2.05, 4.69) is 22.2 Å². The maximum absolute atomic E-state index is 11.3. The second-order valence-corrected chi connectivity index (χ2v) is 5.54. The Morgan fingerprint density at radius 1 is 1.16 bits per heavy atom. The zero-order valence-electron chi connectivity index (χ0n) is 10.8. The lowest BCUT2D eigenvalue weighted by Gasteiger charge is -2.07. The van der Waals surface area contributed by atoms with Gasteiger partial charge in [-0.15, -0.1) is 0 Å². The number of H-pyrrole nitrogens is 2. The summed E-state index contributed by atoms with van der Waals surface area (Å²) in [4.78, 5) is 27.5. The maximum atomic E-state index is 11.3. The molecule has 19 heavy (non-hydrogen) atoms. The Balaban J connectivity index is 2.07. The Bertz CT molecular complexity index is 663. The number of thioether (sulfide) groups is 1. The zero-order chi connectivity index (χ0) is 13.7. The monoisotopic (exact) mass is 279 g/mol. The molecule has 1 aromatic carbocycles. The average molecular weight is 279 g/mol. The molecule has 5 nitrogen and oxygen atoms in total. The molecule has 6 heteroatoms. The summed E-state index contributed by atoms with van der Waals surface area (Å²) < 4.78 is 0. The molecule has 2 rings (SSSR count). The summed E-state index contributed by atoms with van der Waals surface area (Å²) in [5.41, 5.74) is 0.972. The van der Waals surface area contributed by atoms with E-state index in [0.717, 1.165) is 30.2 Å². The van der Waals surface area contributed by atoms with E-state index in [1.807, 2.05) is 23.9 Å². The first-order chi connectivity index (χ1) is 9.20. The molecule has 102 valence electrons. The van der Waals surface area contributed by atoms with Crippen molar-refractivity contribution in [3.05, 3.63) is 38.9 Å². The predicted molar refractivity (Wildman–Crippen MR) is 81.3 cm³/mol. The lowest BCUT2D eigenvalue weighted by atomic mass is 10.2. The Morgan fingerprint density at radius 3 is 2.63 bits per heavy atom.